The summed E-state index contributed by atoms with van der Waals surface area (Å²) in [5, 5.41) is 0. The lowest BCUT2D eigenvalue weighted by Gasteiger charge is -2.18. The third kappa shape index (κ3) is 25.9. The molecule has 0 aliphatic heterocycles. The summed E-state index contributed by atoms with van der Waals surface area (Å²) in [7, 11) is 4.83. The minimum absolute atomic E-state index is 0.103. The molecule has 56 heavy (non-hydrogen) atoms. The Hall–Kier alpha value is -4.07. The predicted octanol–water partition coefficient (Wildman–Crippen LogP) is 13.6. The Bertz CT molecular complexity index is 1210. The lowest BCUT2D eigenvalue weighted by Crippen LogP contribution is -2.12. The van der Waals surface area contributed by atoms with Crippen LogP contribution in [0.2, 0.25) is 0 Å². The Kier molecular flexibility index (Phi) is 32.5. The smallest absolute Gasteiger partial charge is 0.316 e. The van der Waals surface area contributed by atoms with E-state index in [1.807, 2.05) is 92.0 Å². The number of ether oxygens (including phenoxy) is 3. The van der Waals surface area contributed by atoms with E-state index in [-0.39, 0.29) is 21.7 Å². The second-order valence-corrected chi connectivity index (χ2v) is 15.5. The van der Waals surface area contributed by atoms with Crippen molar-refractivity contribution in [1.82, 2.24) is 24.9 Å². The molecule has 0 fully saturated rings. The lowest BCUT2D eigenvalue weighted by molar-refractivity contribution is 0.378. The van der Waals surface area contributed by atoms with Crippen molar-refractivity contribution in [2.75, 3.05) is 21.3 Å². The maximum Gasteiger partial charge on any atom is 0.316 e. The average Bonchev–Trinajstić information content (AvgIpc) is 3.20. The highest BCUT2D eigenvalue weighted by Gasteiger charge is 2.16. The number of pyridine rings is 3. The number of nitrogens with zero attached hydrogens (tertiary/aromatic N) is 5. The van der Waals surface area contributed by atoms with Gasteiger partial charge >= 0.3 is 6.01 Å². The van der Waals surface area contributed by atoms with E-state index in [0.717, 1.165) is 23.4 Å². The van der Waals surface area contributed by atoms with E-state index in [0.29, 0.717) is 11.9 Å². The average molecular weight is 780 g/mol. The maximum absolute atomic E-state index is 5.02. The monoisotopic (exact) mass is 780 g/mol. The summed E-state index contributed by atoms with van der Waals surface area (Å²) in [6.07, 6.45) is 10.2. The molecule has 0 aliphatic rings. The number of aromatic nitrogens is 5. The molecule has 0 saturated heterocycles. The van der Waals surface area contributed by atoms with Crippen LogP contribution in [0.4, 0.5) is 0 Å². The molecule has 320 valence electrons. The van der Waals surface area contributed by atoms with Crippen LogP contribution in [0.3, 0.4) is 0 Å². The molecule has 4 aromatic heterocycles. The van der Waals surface area contributed by atoms with Crippen molar-refractivity contribution in [2.45, 2.75) is 173 Å². The Morgan fingerprint density at radius 3 is 1.11 bits per heavy atom. The molecule has 0 aromatic carbocycles. The first-order chi connectivity index (χ1) is 26.1. The van der Waals surface area contributed by atoms with Crippen LogP contribution >= 0.6 is 0 Å². The van der Waals surface area contributed by atoms with Gasteiger partial charge in [-0.15, -0.1) is 0 Å². The Morgan fingerprint density at radius 2 is 0.839 bits per heavy atom. The molecule has 0 radical (unpaired) electrons. The standard InChI is InChI=1S/C11H17N.2C10H15NO.C9H14N2O.4C2H6/c1-5-10-7-6-9(8-12-10)11(2,3)4;1-10(2,3)9-6-5-8(12-4)7-11-9;1-10(2,3)8-5-6-9(12-4)11-7-8;1-9(2,3)7-5-10-8(12-4)11-6-7;4*1-2/h6-8H,5H2,1-4H3;2*5-7H,1-4H3;5-6H,1-4H3;4*1-2H3. The summed E-state index contributed by atoms with van der Waals surface area (Å²) < 4.78 is 14.8. The zero-order chi connectivity index (χ0) is 44.8. The van der Waals surface area contributed by atoms with Crippen LogP contribution in [0.15, 0.2) is 67.4 Å². The second kappa shape index (κ2) is 31.1. The van der Waals surface area contributed by atoms with Gasteiger partial charge in [0.15, 0.2) is 0 Å². The molecule has 4 rings (SSSR count). The van der Waals surface area contributed by atoms with Crippen molar-refractivity contribution >= 4 is 0 Å². The number of aryl methyl sites for hydroxylation is 1. The van der Waals surface area contributed by atoms with Gasteiger partial charge in [0, 0.05) is 47.7 Å². The Balaban J connectivity index is -0.000000303. The lowest BCUT2D eigenvalue weighted by atomic mass is 9.88. The van der Waals surface area contributed by atoms with Crippen molar-refractivity contribution in [3.63, 3.8) is 0 Å². The van der Waals surface area contributed by atoms with Gasteiger partial charge in [-0.25, -0.2) is 15.0 Å². The molecule has 0 spiro atoms. The van der Waals surface area contributed by atoms with E-state index >= 15 is 0 Å². The minimum Gasteiger partial charge on any atom is -0.495 e. The fourth-order valence-corrected chi connectivity index (χ4v) is 3.78. The molecular formula is C48H85N5O3. The third-order valence-corrected chi connectivity index (χ3v) is 7.28. The van der Waals surface area contributed by atoms with Crippen LogP contribution in [0, 0.1) is 0 Å². The molecule has 0 unspecified atom stereocenters. The zero-order valence-corrected chi connectivity index (χ0v) is 40.5. The summed E-state index contributed by atoms with van der Waals surface area (Å²) >= 11 is 0. The zero-order valence-electron chi connectivity index (χ0n) is 40.5. The summed E-state index contributed by atoms with van der Waals surface area (Å²) in [5.74, 6) is 1.48. The Labute approximate surface area is 346 Å². The molecule has 8 heteroatoms. The van der Waals surface area contributed by atoms with E-state index in [9.17, 15) is 0 Å². The largest absolute Gasteiger partial charge is 0.495 e. The molecule has 4 aromatic rings. The fraction of sp³-hybridized carbons (Fsp3) is 0.604. The molecular weight excluding hydrogens is 695 g/mol. The molecule has 0 saturated carbocycles. The molecule has 4 heterocycles. The highest BCUT2D eigenvalue weighted by molar-refractivity contribution is 5.24. The summed E-state index contributed by atoms with van der Waals surface area (Å²) in [5.41, 5.74) is 6.51. The second-order valence-electron chi connectivity index (χ2n) is 15.5. The first-order valence-electron chi connectivity index (χ1n) is 20.5. The van der Waals surface area contributed by atoms with Gasteiger partial charge < -0.3 is 14.2 Å². The molecule has 0 bridgehead atoms. The van der Waals surface area contributed by atoms with Crippen LogP contribution in [0.5, 0.6) is 17.6 Å². The predicted molar refractivity (Wildman–Crippen MR) is 244 cm³/mol. The number of rotatable bonds is 4. The first kappa shape index (κ1) is 58.6. The molecule has 8 nitrogen and oxygen atoms in total. The van der Waals surface area contributed by atoms with Gasteiger partial charge in [0.05, 0.1) is 27.5 Å². The molecule has 0 N–H and O–H groups in total. The Morgan fingerprint density at radius 1 is 0.411 bits per heavy atom. The summed E-state index contributed by atoms with van der Waals surface area (Å²) in [6, 6.07) is 12.6. The van der Waals surface area contributed by atoms with Crippen LogP contribution in [-0.2, 0) is 28.1 Å². The van der Waals surface area contributed by atoms with E-state index < -0.39 is 0 Å². The topological polar surface area (TPSA) is 92.1 Å². The SMILES string of the molecule is CC.CC.CC.CC.CCc1ccc(C(C)(C)C)cn1.COc1ccc(C(C)(C)C)cn1.COc1ccc(C(C)(C)C)nc1.COc1ncc(C(C)(C)C)cn1. The molecule has 0 atom stereocenters. The first-order valence-corrected chi connectivity index (χ1v) is 20.5. The van der Waals surface area contributed by atoms with Crippen molar-refractivity contribution in [3.8, 4) is 17.6 Å². The van der Waals surface area contributed by atoms with Gasteiger partial charge in [-0.1, -0.05) is 158 Å². The van der Waals surface area contributed by atoms with Crippen LogP contribution < -0.4 is 14.2 Å². The van der Waals surface area contributed by atoms with Crippen LogP contribution in [0.1, 0.15) is 173 Å². The van der Waals surface area contributed by atoms with Gasteiger partial charge in [-0.3, -0.25) is 9.97 Å². The van der Waals surface area contributed by atoms with E-state index in [1.165, 1.54) is 16.8 Å². The number of methoxy groups -OCH3 is 3. The third-order valence-electron chi connectivity index (χ3n) is 7.28. The summed E-state index contributed by atoms with van der Waals surface area (Å²) in [4.78, 5) is 20.9. The van der Waals surface area contributed by atoms with Crippen molar-refractivity contribution < 1.29 is 14.2 Å². The molecule has 0 amide bonds. The fourth-order valence-electron chi connectivity index (χ4n) is 3.78. The van der Waals surface area contributed by atoms with Gasteiger partial charge in [0.2, 0.25) is 5.88 Å². The molecule has 0 aliphatic carbocycles. The van der Waals surface area contributed by atoms with E-state index in [2.05, 4.69) is 127 Å². The van der Waals surface area contributed by atoms with Gasteiger partial charge in [-0.05, 0) is 57.6 Å². The van der Waals surface area contributed by atoms with Gasteiger partial charge in [-0.2, -0.15) is 0 Å². The van der Waals surface area contributed by atoms with Gasteiger partial charge in [0.25, 0.3) is 0 Å². The number of hydrogen-bond donors (Lipinski definition) is 0. The van der Waals surface area contributed by atoms with Crippen LogP contribution in [0.25, 0.3) is 0 Å². The van der Waals surface area contributed by atoms with Crippen LogP contribution in [-0.4, -0.2) is 46.2 Å². The minimum atomic E-state index is 0.103. The maximum atomic E-state index is 5.02. The normalized spacial score (nSPS) is 10.2. The van der Waals surface area contributed by atoms with E-state index in [4.69, 9.17) is 14.2 Å². The van der Waals surface area contributed by atoms with E-state index in [1.54, 1.807) is 39.9 Å². The highest BCUT2D eigenvalue weighted by Crippen LogP contribution is 2.24. The highest BCUT2D eigenvalue weighted by atomic mass is 16.5. The van der Waals surface area contributed by atoms with Crippen molar-refractivity contribution in [2.24, 2.45) is 0 Å². The number of hydrogen-bond acceptors (Lipinski definition) is 8. The van der Waals surface area contributed by atoms with Crippen molar-refractivity contribution in [1.29, 1.82) is 0 Å². The quantitative estimate of drug-likeness (QED) is 0.202. The summed E-state index contributed by atoms with van der Waals surface area (Å²) in [6.45, 7) is 44.0. The van der Waals surface area contributed by atoms with Crippen molar-refractivity contribution in [3.05, 3.63) is 95.5 Å². The van der Waals surface area contributed by atoms with Gasteiger partial charge in [0.1, 0.15) is 5.75 Å².